The molecule has 4 N–H and O–H groups in total. The molecule has 0 amide bonds. The van der Waals surface area contributed by atoms with Gasteiger partial charge >= 0.3 is 11.9 Å². The second kappa shape index (κ2) is 13.2. The molecule has 6 heteroatoms. The molecule has 2 atom stereocenters. The van der Waals surface area contributed by atoms with Crippen molar-refractivity contribution >= 4 is 11.9 Å². The van der Waals surface area contributed by atoms with Gasteiger partial charge in [-0.05, 0) is 24.7 Å². The molecule has 0 rings (SSSR count). The van der Waals surface area contributed by atoms with E-state index >= 15 is 0 Å². The highest BCUT2D eigenvalue weighted by atomic mass is 16.5. The van der Waals surface area contributed by atoms with Crippen LogP contribution >= 0.6 is 0 Å². The van der Waals surface area contributed by atoms with Gasteiger partial charge in [-0.25, -0.2) is 0 Å². The molecule has 0 bridgehead atoms. The summed E-state index contributed by atoms with van der Waals surface area (Å²) in [6.07, 6.45) is 5.90. The maximum atomic E-state index is 11.5. The van der Waals surface area contributed by atoms with Gasteiger partial charge in [-0.15, -0.1) is 0 Å². The van der Waals surface area contributed by atoms with Crippen molar-refractivity contribution in [3.63, 3.8) is 0 Å². The first kappa shape index (κ1) is 22.9. The van der Waals surface area contributed by atoms with Crippen molar-refractivity contribution in [1.29, 1.82) is 0 Å². The molecule has 0 aliphatic rings. The fourth-order valence-electron chi connectivity index (χ4n) is 1.99. The summed E-state index contributed by atoms with van der Waals surface area (Å²) in [6, 6.07) is -1.06. The summed E-state index contributed by atoms with van der Waals surface area (Å²) in [6.45, 7) is 8.48. The Morgan fingerprint density at radius 2 is 0.958 bits per heavy atom. The Kier molecular flexibility index (Phi) is 12.6. The number of hydrogen-bond acceptors (Lipinski definition) is 6. The fourth-order valence-corrected chi connectivity index (χ4v) is 1.99. The molecule has 0 aliphatic heterocycles. The van der Waals surface area contributed by atoms with Gasteiger partial charge in [0, 0.05) is 0 Å². The normalized spacial score (nSPS) is 13.8. The van der Waals surface area contributed by atoms with Crippen LogP contribution in [0.3, 0.4) is 0 Å². The largest absolute Gasteiger partial charge is 0.465 e. The Bertz CT molecular complexity index is 325. The number of esters is 2. The van der Waals surface area contributed by atoms with Crippen LogP contribution in [0.25, 0.3) is 0 Å². The van der Waals surface area contributed by atoms with Gasteiger partial charge in [0.05, 0.1) is 13.2 Å². The van der Waals surface area contributed by atoms with Crippen molar-refractivity contribution < 1.29 is 19.1 Å². The highest BCUT2D eigenvalue weighted by Gasteiger charge is 2.19. The van der Waals surface area contributed by atoms with E-state index in [9.17, 15) is 9.59 Å². The van der Waals surface area contributed by atoms with Crippen LogP contribution in [-0.2, 0) is 19.1 Å². The number of nitrogens with two attached hydrogens (primary N) is 2. The summed E-state index contributed by atoms with van der Waals surface area (Å²) in [7, 11) is 0. The molecule has 0 saturated carbocycles. The van der Waals surface area contributed by atoms with E-state index in [1.165, 1.54) is 0 Å². The van der Waals surface area contributed by atoms with E-state index < -0.39 is 12.1 Å². The van der Waals surface area contributed by atoms with Gasteiger partial charge in [-0.1, -0.05) is 53.4 Å². The van der Waals surface area contributed by atoms with E-state index in [-0.39, 0.29) is 23.8 Å². The lowest BCUT2D eigenvalue weighted by atomic mass is 10.1. The summed E-state index contributed by atoms with van der Waals surface area (Å²) in [4.78, 5) is 23.1. The zero-order valence-electron chi connectivity index (χ0n) is 15.8. The van der Waals surface area contributed by atoms with Crippen LogP contribution in [0.1, 0.15) is 66.2 Å². The van der Waals surface area contributed by atoms with Gasteiger partial charge in [-0.3, -0.25) is 9.59 Å². The highest BCUT2D eigenvalue weighted by Crippen LogP contribution is 2.08. The number of rotatable bonds is 13. The second-order valence-corrected chi connectivity index (χ2v) is 7.00. The molecule has 0 aromatic carbocycles. The molecule has 0 spiro atoms. The third-order valence-corrected chi connectivity index (χ3v) is 4.01. The minimum Gasteiger partial charge on any atom is -0.465 e. The van der Waals surface area contributed by atoms with Gasteiger partial charge < -0.3 is 20.9 Å². The third-order valence-electron chi connectivity index (χ3n) is 4.01. The standard InChI is InChI=1S/C18H36N2O4/c1-13(2)15(19)17(21)23-11-9-7-5-6-8-10-12-24-18(22)16(20)14(3)4/h13-16H,5-12,19-20H2,1-4H3. The second-order valence-electron chi connectivity index (χ2n) is 7.00. The molecule has 0 heterocycles. The maximum absolute atomic E-state index is 11.5. The lowest BCUT2D eigenvalue weighted by Gasteiger charge is -2.14. The quantitative estimate of drug-likeness (QED) is 0.392. The van der Waals surface area contributed by atoms with Crippen molar-refractivity contribution in [2.24, 2.45) is 23.3 Å². The van der Waals surface area contributed by atoms with E-state index in [0.717, 1.165) is 38.5 Å². The summed E-state index contributed by atoms with van der Waals surface area (Å²) in [5.74, 6) is -0.429. The molecule has 0 aliphatic carbocycles. The third kappa shape index (κ3) is 10.6. The molecule has 0 fully saturated rings. The van der Waals surface area contributed by atoms with Gasteiger partial charge in [0.25, 0.3) is 0 Å². The molecule has 142 valence electrons. The van der Waals surface area contributed by atoms with Crippen LogP contribution in [0.2, 0.25) is 0 Å². The first-order valence-corrected chi connectivity index (χ1v) is 9.11. The van der Waals surface area contributed by atoms with Crippen molar-refractivity contribution in [3.8, 4) is 0 Å². The molecule has 6 nitrogen and oxygen atoms in total. The molecule has 0 aromatic heterocycles. The molecular formula is C18H36N2O4. The predicted octanol–water partition coefficient (Wildman–Crippen LogP) is 2.38. The zero-order valence-corrected chi connectivity index (χ0v) is 15.8. The lowest BCUT2D eigenvalue weighted by Crippen LogP contribution is -2.37. The average molecular weight is 344 g/mol. The lowest BCUT2D eigenvalue weighted by molar-refractivity contribution is -0.147. The minimum atomic E-state index is -0.531. The van der Waals surface area contributed by atoms with Crippen molar-refractivity contribution in [2.75, 3.05) is 13.2 Å². The predicted molar refractivity (Wildman–Crippen MR) is 95.2 cm³/mol. The van der Waals surface area contributed by atoms with E-state index in [4.69, 9.17) is 20.9 Å². The van der Waals surface area contributed by atoms with E-state index in [1.807, 2.05) is 27.7 Å². The molecule has 0 saturated heterocycles. The Hall–Kier alpha value is -1.14. The van der Waals surface area contributed by atoms with Gasteiger partial charge in [0.1, 0.15) is 12.1 Å². The van der Waals surface area contributed by atoms with Crippen LogP contribution < -0.4 is 11.5 Å². The number of carbonyl (C=O) groups excluding carboxylic acids is 2. The van der Waals surface area contributed by atoms with E-state index in [1.54, 1.807) is 0 Å². The van der Waals surface area contributed by atoms with Crippen molar-refractivity contribution in [2.45, 2.75) is 78.3 Å². The smallest absolute Gasteiger partial charge is 0.323 e. The monoisotopic (exact) mass is 344 g/mol. The Morgan fingerprint density at radius 1 is 0.667 bits per heavy atom. The molecule has 0 radical (unpaired) electrons. The molecule has 2 unspecified atom stereocenters. The van der Waals surface area contributed by atoms with Crippen molar-refractivity contribution in [1.82, 2.24) is 0 Å². The Labute approximate surface area is 146 Å². The fraction of sp³-hybridized carbons (Fsp3) is 0.889. The Morgan fingerprint density at radius 3 is 1.25 bits per heavy atom. The number of carbonyl (C=O) groups is 2. The minimum absolute atomic E-state index is 0.0988. The van der Waals surface area contributed by atoms with Gasteiger partial charge in [0.15, 0.2) is 0 Å². The van der Waals surface area contributed by atoms with E-state index in [2.05, 4.69) is 0 Å². The summed E-state index contributed by atoms with van der Waals surface area (Å²) in [5, 5.41) is 0. The number of hydrogen-bond donors (Lipinski definition) is 2. The molecule has 24 heavy (non-hydrogen) atoms. The maximum Gasteiger partial charge on any atom is 0.323 e. The van der Waals surface area contributed by atoms with Crippen LogP contribution in [0.4, 0.5) is 0 Å². The SMILES string of the molecule is CC(C)C(N)C(=O)OCCCCCCCCOC(=O)C(N)C(C)C. The molecule has 0 aromatic rings. The van der Waals surface area contributed by atoms with Crippen LogP contribution in [0, 0.1) is 11.8 Å². The summed E-state index contributed by atoms with van der Waals surface area (Å²) in [5.41, 5.74) is 11.4. The van der Waals surface area contributed by atoms with Crippen molar-refractivity contribution in [3.05, 3.63) is 0 Å². The van der Waals surface area contributed by atoms with Crippen LogP contribution in [0.5, 0.6) is 0 Å². The number of ether oxygens (including phenoxy) is 2. The first-order valence-electron chi connectivity index (χ1n) is 9.11. The van der Waals surface area contributed by atoms with Gasteiger partial charge in [-0.2, -0.15) is 0 Å². The summed E-state index contributed by atoms with van der Waals surface area (Å²) < 4.78 is 10.3. The average Bonchev–Trinajstić information content (AvgIpc) is 2.54. The van der Waals surface area contributed by atoms with E-state index in [0.29, 0.717) is 13.2 Å². The number of unbranched alkanes of at least 4 members (excludes halogenated alkanes) is 5. The summed E-state index contributed by atoms with van der Waals surface area (Å²) >= 11 is 0. The molecular weight excluding hydrogens is 308 g/mol. The van der Waals surface area contributed by atoms with Gasteiger partial charge in [0.2, 0.25) is 0 Å². The van der Waals surface area contributed by atoms with Crippen LogP contribution in [-0.4, -0.2) is 37.2 Å². The zero-order chi connectivity index (χ0) is 18.5. The first-order chi connectivity index (χ1) is 11.3. The highest BCUT2D eigenvalue weighted by molar-refractivity contribution is 5.76. The Balaban J connectivity index is 3.43. The van der Waals surface area contributed by atoms with Crippen LogP contribution in [0.15, 0.2) is 0 Å². The topological polar surface area (TPSA) is 105 Å².